The van der Waals surface area contributed by atoms with E-state index in [9.17, 15) is 19.1 Å². The van der Waals surface area contributed by atoms with Crippen LogP contribution in [0, 0.1) is 5.82 Å². The lowest BCUT2D eigenvalue weighted by molar-refractivity contribution is -0.127. The molecule has 4 aromatic carbocycles. The van der Waals surface area contributed by atoms with Crippen LogP contribution < -0.4 is 15.8 Å². The van der Waals surface area contributed by atoms with E-state index in [1.807, 2.05) is 60.7 Å². The molecule has 0 saturated carbocycles. The Labute approximate surface area is 244 Å². The molecular formula is C34H34FN3O4. The third-order valence-corrected chi connectivity index (χ3v) is 7.54. The van der Waals surface area contributed by atoms with Gasteiger partial charge in [-0.3, -0.25) is 9.59 Å². The maximum Gasteiger partial charge on any atom is 0.254 e. The van der Waals surface area contributed by atoms with Crippen molar-refractivity contribution in [2.24, 2.45) is 5.73 Å². The van der Waals surface area contributed by atoms with Gasteiger partial charge in [-0.15, -0.1) is 0 Å². The molecule has 0 radical (unpaired) electrons. The summed E-state index contributed by atoms with van der Waals surface area (Å²) in [5, 5.41) is 14.7. The summed E-state index contributed by atoms with van der Waals surface area (Å²) in [6, 6.07) is 29.9. The normalized spacial score (nSPS) is 18.2. The van der Waals surface area contributed by atoms with E-state index < -0.39 is 41.7 Å². The van der Waals surface area contributed by atoms with Gasteiger partial charge in [0, 0.05) is 18.0 Å². The fraction of sp³-hybridized carbons (Fsp3) is 0.235. The first kappa shape index (κ1) is 29.0. The van der Waals surface area contributed by atoms with Gasteiger partial charge in [0.05, 0.1) is 18.8 Å². The Kier molecular flexibility index (Phi) is 9.26. The van der Waals surface area contributed by atoms with Crippen molar-refractivity contribution in [2.45, 2.75) is 30.5 Å². The van der Waals surface area contributed by atoms with E-state index in [1.54, 1.807) is 36.4 Å². The highest BCUT2D eigenvalue weighted by Gasteiger charge is 2.48. The Morgan fingerprint density at radius 3 is 2.19 bits per heavy atom. The molecule has 1 saturated heterocycles. The first-order valence-corrected chi connectivity index (χ1v) is 14.0. The molecule has 2 amide bonds. The lowest BCUT2D eigenvalue weighted by atomic mass is 9.92. The molecule has 1 fully saturated rings. The van der Waals surface area contributed by atoms with E-state index >= 15 is 0 Å². The highest BCUT2D eigenvalue weighted by molar-refractivity contribution is 5.99. The number of likely N-dealkylation sites (tertiary alicyclic amines) is 1. The van der Waals surface area contributed by atoms with Crippen molar-refractivity contribution in [1.82, 2.24) is 10.2 Å². The molecule has 42 heavy (non-hydrogen) atoms. The molecular weight excluding hydrogens is 533 g/mol. The van der Waals surface area contributed by atoms with Crippen molar-refractivity contribution in [3.63, 3.8) is 0 Å². The predicted molar refractivity (Wildman–Crippen MR) is 158 cm³/mol. The first-order chi connectivity index (χ1) is 20.5. The van der Waals surface area contributed by atoms with Crippen LogP contribution in [-0.2, 0) is 4.79 Å². The zero-order valence-corrected chi connectivity index (χ0v) is 23.1. The molecule has 3 atom stereocenters. The van der Waals surface area contributed by atoms with Crippen LogP contribution in [0.25, 0.3) is 0 Å². The number of hydrogen-bond donors (Lipinski definition) is 3. The van der Waals surface area contributed by atoms with Crippen LogP contribution in [0.3, 0.4) is 0 Å². The van der Waals surface area contributed by atoms with E-state index in [0.29, 0.717) is 36.4 Å². The number of nitrogens with zero attached hydrogens (tertiary/aromatic N) is 1. The summed E-state index contributed by atoms with van der Waals surface area (Å²) >= 11 is 0. The number of aliphatic hydroxyl groups is 1. The molecule has 7 nitrogen and oxygen atoms in total. The van der Waals surface area contributed by atoms with Gasteiger partial charge in [0.1, 0.15) is 17.6 Å². The minimum atomic E-state index is -1.23. The van der Waals surface area contributed by atoms with Crippen LogP contribution in [0.15, 0.2) is 109 Å². The fourth-order valence-corrected chi connectivity index (χ4v) is 5.39. The minimum Gasteiger partial charge on any atom is -0.494 e. The van der Waals surface area contributed by atoms with Gasteiger partial charge in [-0.1, -0.05) is 78.9 Å². The standard InChI is InChI=1S/C34H34FN3O4/c35-27-17-15-23(16-18-27)29-22-38(34(41)26-13-7-14-28(21-26)42-20-8-19-36)31(32(29)39)33(40)37-30(24-9-3-1-4-10-24)25-11-5-2-6-12-25/h1-7,9-18,21,29-32,39H,8,19-20,22,36H2,(H,37,40)/t29-,31+,32-/m1/s1. The molecule has 1 aliphatic rings. The molecule has 4 aromatic rings. The molecule has 0 aromatic heterocycles. The number of nitrogens with two attached hydrogens (primary N) is 1. The molecule has 216 valence electrons. The molecule has 5 rings (SSSR count). The molecule has 1 aliphatic heterocycles. The van der Waals surface area contributed by atoms with Crippen LogP contribution in [0.4, 0.5) is 4.39 Å². The predicted octanol–water partition coefficient (Wildman–Crippen LogP) is 4.43. The Morgan fingerprint density at radius 2 is 1.57 bits per heavy atom. The molecule has 4 N–H and O–H groups in total. The molecule has 0 spiro atoms. The number of carbonyl (C=O) groups excluding carboxylic acids is 2. The van der Waals surface area contributed by atoms with Gasteiger partial charge in [-0.25, -0.2) is 4.39 Å². The van der Waals surface area contributed by atoms with Gasteiger partial charge >= 0.3 is 0 Å². The summed E-state index contributed by atoms with van der Waals surface area (Å²) < 4.78 is 19.4. The summed E-state index contributed by atoms with van der Waals surface area (Å²) in [6.45, 7) is 0.969. The largest absolute Gasteiger partial charge is 0.494 e. The average Bonchev–Trinajstić information content (AvgIpc) is 3.37. The second-order valence-electron chi connectivity index (χ2n) is 10.3. The second-order valence-corrected chi connectivity index (χ2v) is 10.3. The summed E-state index contributed by atoms with van der Waals surface area (Å²) in [5.41, 5.74) is 8.25. The number of carbonyl (C=O) groups is 2. The molecule has 8 heteroatoms. The second kappa shape index (κ2) is 13.4. The number of nitrogens with one attached hydrogen (secondary N) is 1. The number of aliphatic hydroxyl groups excluding tert-OH is 1. The maximum atomic E-state index is 14.1. The van der Waals surface area contributed by atoms with Crippen LogP contribution in [0.5, 0.6) is 5.75 Å². The van der Waals surface area contributed by atoms with Crippen LogP contribution in [0.1, 0.15) is 45.4 Å². The highest BCUT2D eigenvalue weighted by Crippen LogP contribution is 2.35. The van der Waals surface area contributed by atoms with Gasteiger partial charge < -0.3 is 25.8 Å². The summed E-state index contributed by atoms with van der Waals surface area (Å²) in [5.74, 6) is -1.40. The number of benzene rings is 4. The molecule has 0 unspecified atom stereocenters. The van der Waals surface area contributed by atoms with E-state index in [2.05, 4.69) is 5.32 Å². The van der Waals surface area contributed by atoms with E-state index in [1.165, 1.54) is 17.0 Å². The van der Waals surface area contributed by atoms with Crippen molar-refractivity contribution in [3.05, 3.63) is 137 Å². The quantitative estimate of drug-likeness (QED) is 0.246. The third-order valence-electron chi connectivity index (χ3n) is 7.54. The zero-order chi connectivity index (χ0) is 29.5. The van der Waals surface area contributed by atoms with Crippen molar-refractivity contribution in [1.29, 1.82) is 0 Å². The van der Waals surface area contributed by atoms with Crippen LogP contribution >= 0.6 is 0 Å². The highest BCUT2D eigenvalue weighted by atomic mass is 19.1. The maximum absolute atomic E-state index is 14.1. The fourth-order valence-electron chi connectivity index (χ4n) is 5.39. The number of rotatable bonds is 10. The van der Waals surface area contributed by atoms with E-state index in [4.69, 9.17) is 10.5 Å². The van der Waals surface area contributed by atoms with Crippen molar-refractivity contribution in [3.8, 4) is 5.75 Å². The van der Waals surface area contributed by atoms with Gasteiger partial charge in [-0.2, -0.15) is 0 Å². The lowest BCUT2D eigenvalue weighted by Gasteiger charge is -2.28. The zero-order valence-electron chi connectivity index (χ0n) is 23.1. The Balaban J connectivity index is 1.47. The van der Waals surface area contributed by atoms with Crippen molar-refractivity contribution in [2.75, 3.05) is 19.7 Å². The Hall–Kier alpha value is -4.53. The van der Waals surface area contributed by atoms with E-state index in [0.717, 1.165) is 11.1 Å². The van der Waals surface area contributed by atoms with Crippen molar-refractivity contribution < 1.29 is 23.8 Å². The van der Waals surface area contributed by atoms with Gasteiger partial charge in [0.15, 0.2) is 0 Å². The van der Waals surface area contributed by atoms with E-state index in [-0.39, 0.29) is 6.54 Å². The summed E-state index contributed by atoms with van der Waals surface area (Å²) in [6.07, 6.45) is -0.558. The number of hydrogen-bond acceptors (Lipinski definition) is 5. The monoisotopic (exact) mass is 567 g/mol. The smallest absolute Gasteiger partial charge is 0.254 e. The molecule has 1 heterocycles. The number of halogens is 1. The van der Waals surface area contributed by atoms with Crippen LogP contribution in [-0.4, -0.2) is 53.7 Å². The van der Waals surface area contributed by atoms with Crippen LogP contribution in [0.2, 0.25) is 0 Å². The average molecular weight is 568 g/mol. The SMILES string of the molecule is NCCCOc1cccc(C(=O)N2C[C@H](c3ccc(F)cc3)[C@@H](O)[C@H]2C(=O)NC(c2ccccc2)c2ccccc2)c1. The Bertz CT molecular complexity index is 1440. The first-order valence-electron chi connectivity index (χ1n) is 14.0. The van der Waals surface area contributed by atoms with Gasteiger partial charge in [0.2, 0.25) is 5.91 Å². The lowest BCUT2D eigenvalue weighted by Crippen LogP contribution is -2.51. The minimum absolute atomic E-state index is 0.0727. The number of amides is 2. The summed E-state index contributed by atoms with van der Waals surface area (Å²) in [7, 11) is 0. The summed E-state index contributed by atoms with van der Waals surface area (Å²) in [4.78, 5) is 29.4. The Morgan fingerprint density at radius 1 is 0.929 bits per heavy atom. The third kappa shape index (κ3) is 6.51. The van der Waals surface area contributed by atoms with Crippen molar-refractivity contribution >= 4 is 11.8 Å². The molecule has 0 bridgehead atoms. The van der Waals surface area contributed by atoms with Gasteiger partial charge in [0.25, 0.3) is 5.91 Å². The molecule has 0 aliphatic carbocycles. The van der Waals surface area contributed by atoms with Gasteiger partial charge in [-0.05, 0) is 60.0 Å². The topological polar surface area (TPSA) is 105 Å². The number of ether oxygens (including phenoxy) is 1.